The molecule has 0 bridgehead atoms. The number of ether oxygens (including phenoxy) is 1. The maximum absolute atomic E-state index is 12.6. The van der Waals surface area contributed by atoms with Gasteiger partial charge in [-0.25, -0.2) is 9.97 Å². The molecule has 1 amide bonds. The van der Waals surface area contributed by atoms with Gasteiger partial charge >= 0.3 is 0 Å². The van der Waals surface area contributed by atoms with E-state index in [2.05, 4.69) is 20.0 Å². The van der Waals surface area contributed by atoms with E-state index in [1.54, 1.807) is 22.0 Å². The maximum Gasteiger partial charge on any atom is 0.274 e. The monoisotopic (exact) mass is 356 g/mol. The third kappa shape index (κ3) is 3.49. The van der Waals surface area contributed by atoms with Gasteiger partial charge in [0.25, 0.3) is 5.91 Å². The summed E-state index contributed by atoms with van der Waals surface area (Å²) < 4.78 is 7.78. The zero-order valence-electron chi connectivity index (χ0n) is 15.0. The van der Waals surface area contributed by atoms with Gasteiger partial charge in [0.15, 0.2) is 0 Å². The fraction of sp³-hybridized carbons (Fsp3) is 0.556. The molecule has 2 aliphatic heterocycles. The molecule has 4 rings (SSSR count). The molecule has 2 fully saturated rings. The molecule has 1 atom stereocenters. The molecule has 2 aromatic rings. The van der Waals surface area contributed by atoms with E-state index in [0.29, 0.717) is 24.7 Å². The molecule has 2 aromatic heterocycles. The lowest BCUT2D eigenvalue weighted by Gasteiger charge is -2.18. The highest BCUT2D eigenvalue weighted by molar-refractivity contribution is 5.92. The van der Waals surface area contributed by atoms with Crippen LogP contribution in [0.1, 0.15) is 36.7 Å². The predicted molar refractivity (Wildman–Crippen MR) is 96.3 cm³/mol. The molecule has 4 heterocycles. The highest BCUT2D eigenvalue weighted by Gasteiger charge is 2.29. The Labute approximate surface area is 152 Å². The van der Waals surface area contributed by atoms with Crippen molar-refractivity contribution in [1.29, 1.82) is 0 Å². The van der Waals surface area contributed by atoms with Crippen LogP contribution in [-0.2, 0) is 6.54 Å². The second-order valence-corrected chi connectivity index (χ2v) is 6.74. The van der Waals surface area contributed by atoms with Gasteiger partial charge in [0.1, 0.15) is 23.9 Å². The molecular weight excluding hydrogens is 332 g/mol. The number of nitrogens with zero attached hydrogens (tertiary/aromatic N) is 6. The highest BCUT2D eigenvalue weighted by atomic mass is 16.5. The Hall–Kier alpha value is -2.64. The average Bonchev–Trinajstić information content (AvgIpc) is 3.42. The summed E-state index contributed by atoms with van der Waals surface area (Å²) in [6, 6.07) is 3.67. The zero-order valence-corrected chi connectivity index (χ0v) is 15.0. The summed E-state index contributed by atoms with van der Waals surface area (Å²) in [6.45, 7) is 6.05. The quantitative estimate of drug-likeness (QED) is 0.810. The van der Waals surface area contributed by atoms with E-state index in [1.165, 1.54) is 12.8 Å². The van der Waals surface area contributed by atoms with Gasteiger partial charge in [0.2, 0.25) is 5.88 Å². The van der Waals surface area contributed by atoms with Gasteiger partial charge in [-0.1, -0.05) is 0 Å². The van der Waals surface area contributed by atoms with E-state index >= 15 is 0 Å². The Morgan fingerprint density at radius 2 is 2.12 bits per heavy atom. The van der Waals surface area contributed by atoms with Crippen LogP contribution in [0.2, 0.25) is 0 Å². The first-order valence-electron chi connectivity index (χ1n) is 9.29. The Bertz CT molecular complexity index is 771. The molecule has 0 aromatic carbocycles. The summed E-state index contributed by atoms with van der Waals surface area (Å²) in [4.78, 5) is 25.2. The van der Waals surface area contributed by atoms with Crippen molar-refractivity contribution >= 4 is 11.7 Å². The smallest absolute Gasteiger partial charge is 0.274 e. The van der Waals surface area contributed by atoms with Gasteiger partial charge in [0, 0.05) is 44.9 Å². The molecule has 26 heavy (non-hydrogen) atoms. The Morgan fingerprint density at radius 1 is 1.27 bits per heavy atom. The first-order valence-corrected chi connectivity index (χ1v) is 9.29. The van der Waals surface area contributed by atoms with Crippen molar-refractivity contribution < 1.29 is 9.53 Å². The number of likely N-dealkylation sites (tertiary alicyclic amines) is 1. The minimum Gasteiger partial charge on any atom is -0.472 e. The number of anilines is 1. The normalized spacial score (nSPS) is 20.0. The highest BCUT2D eigenvalue weighted by Crippen LogP contribution is 2.23. The van der Waals surface area contributed by atoms with E-state index in [1.807, 2.05) is 19.2 Å². The van der Waals surface area contributed by atoms with Crippen molar-refractivity contribution in [3.63, 3.8) is 0 Å². The van der Waals surface area contributed by atoms with Crippen LogP contribution in [-0.4, -0.2) is 62.8 Å². The fourth-order valence-electron chi connectivity index (χ4n) is 3.51. The van der Waals surface area contributed by atoms with Gasteiger partial charge in [-0.3, -0.25) is 9.48 Å². The van der Waals surface area contributed by atoms with Crippen LogP contribution in [0.15, 0.2) is 24.7 Å². The van der Waals surface area contributed by atoms with Crippen molar-refractivity contribution in [3.05, 3.63) is 30.4 Å². The van der Waals surface area contributed by atoms with E-state index in [0.717, 1.165) is 31.9 Å². The summed E-state index contributed by atoms with van der Waals surface area (Å²) in [6.07, 6.45) is 6.54. The van der Waals surface area contributed by atoms with Gasteiger partial charge in [-0.15, -0.1) is 0 Å². The third-order valence-corrected chi connectivity index (χ3v) is 4.96. The molecule has 2 aliphatic rings. The lowest BCUT2D eigenvalue weighted by molar-refractivity contribution is 0.0764. The van der Waals surface area contributed by atoms with Crippen molar-refractivity contribution in [2.75, 3.05) is 31.1 Å². The van der Waals surface area contributed by atoms with E-state index in [9.17, 15) is 4.79 Å². The molecule has 138 valence electrons. The van der Waals surface area contributed by atoms with Crippen molar-refractivity contribution in [2.24, 2.45) is 0 Å². The molecule has 0 radical (unpaired) electrons. The van der Waals surface area contributed by atoms with Crippen LogP contribution >= 0.6 is 0 Å². The number of carbonyl (C=O) groups excluding carboxylic acids is 1. The molecule has 0 N–H and O–H groups in total. The first-order chi connectivity index (χ1) is 12.7. The van der Waals surface area contributed by atoms with Crippen LogP contribution in [0.5, 0.6) is 5.88 Å². The minimum atomic E-state index is -0.0476. The van der Waals surface area contributed by atoms with Crippen LogP contribution in [0.25, 0.3) is 0 Å². The summed E-state index contributed by atoms with van der Waals surface area (Å²) in [7, 11) is 0. The number of carbonyl (C=O) groups is 1. The lowest BCUT2D eigenvalue weighted by atomic mass is 10.3. The molecule has 0 unspecified atom stereocenters. The third-order valence-electron chi connectivity index (χ3n) is 4.96. The lowest BCUT2D eigenvalue weighted by Crippen LogP contribution is -2.31. The van der Waals surface area contributed by atoms with Gasteiger partial charge < -0.3 is 14.5 Å². The van der Waals surface area contributed by atoms with Crippen LogP contribution in [0, 0.1) is 0 Å². The van der Waals surface area contributed by atoms with E-state index < -0.39 is 0 Å². The SMILES string of the molecule is CCn1ccc(C(=O)N2CC[C@H](Oc3cc(N4CCCC4)ncn3)C2)n1. The summed E-state index contributed by atoms with van der Waals surface area (Å²) in [5.74, 6) is 1.46. The van der Waals surface area contributed by atoms with E-state index in [4.69, 9.17) is 4.74 Å². The van der Waals surface area contributed by atoms with Crippen LogP contribution in [0.3, 0.4) is 0 Å². The number of amides is 1. The zero-order chi connectivity index (χ0) is 17.9. The van der Waals surface area contributed by atoms with Gasteiger partial charge in [0.05, 0.1) is 6.54 Å². The standard InChI is InChI=1S/C18H24N6O2/c1-2-24-10-6-15(21-24)18(25)23-9-5-14(12-23)26-17-11-16(19-13-20-17)22-7-3-4-8-22/h6,10-11,13-14H,2-5,7-9,12H2,1H3/t14-/m0/s1. The van der Waals surface area contributed by atoms with Gasteiger partial charge in [-0.05, 0) is 25.8 Å². The summed E-state index contributed by atoms with van der Waals surface area (Å²) in [5, 5.41) is 4.30. The van der Waals surface area contributed by atoms with Crippen molar-refractivity contribution in [1.82, 2.24) is 24.6 Å². The van der Waals surface area contributed by atoms with Crippen LogP contribution in [0.4, 0.5) is 5.82 Å². The number of hydrogen-bond acceptors (Lipinski definition) is 6. The Kier molecular flexibility index (Phi) is 4.73. The number of aryl methyl sites for hydroxylation is 1. The van der Waals surface area contributed by atoms with Crippen molar-refractivity contribution in [3.8, 4) is 5.88 Å². The first kappa shape index (κ1) is 16.8. The second-order valence-electron chi connectivity index (χ2n) is 6.74. The molecular formula is C18H24N6O2. The van der Waals surface area contributed by atoms with E-state index in [-0.39, 0.29) is 12.0 Å². The summed E-state index contributed by atoms with van der Waals surface area (Å²) in [5.41, 5.74) is 0.492. The Morgan fingerprint density at radius 3 is 2.88 bits per heavy atom. The molecule has 0 spiro atoms. The second kappa shape index (κ2) is 7.31. The Balaban J connectivity index is 1.37. The number of aromatic nitrogens is 4. The predicted octanol–water partition coefficient (Wildman–Crippen LogP) is 1.59. The maximum atomic E-state index is 12.6. The van der Waals surface area contributed by atoms with Crippen LogP contribution < -0.4 is 9.64 Å². The fourth-order valence-corrected chi connectivity index (χ4v) is 3.51. The minimum absolute atomic E-state index is 0.0382. The molecule has 8 heteroatoms. The van der Waals surface area contributed by atoms with Gasteiger partial charge in [-0.2, -0.15) is 5.10 Å². The van der Waals surface area contributed by atoms with Crippen molar-refractivity contribution in [2.45, 2.75) is 38.8 Å². The molecule has 8 nitrogen and oxygen atoms in total. The molecule has 0 aliphatic carbocycles. The summed E-state index contributed by atoms with van der Waals surface area (Å²) >= 11 is 0. The number of hydrogen-bond donors (Lipinski definition) is 0. The average molecular weight is 356 g/mol. The molecule has 2 saturated heterocycles. The molecule has 0 saturated carbocycles. The largest absolute Gasteiger partial charge is 0.472 e. The number of rotatable bonds is 5. The topological polar surface area (TPSA) is 76.4 Å².